The number of aromatic carboxylic acids is 1. The zero-order valence-electron chi connectivity index (χ0n) is 10.3. The van der Waals surface area contributed by atoms with Crippen LogP contribution < -0.4 is 0 Å². The molecular formula is C14H12O5. The monoisotopic (exact) mass is 260 g/mol. The summed E-state index contributed by atoms with van der Waals surface area (Å²) in [7, 11) is 0. The number of carboxylic acids is 1. The summed E-state index contributed by atoms with van der Waals surface area (Å²) < 4.78 is 10.8. The van der Waals surface area contributed by atoms with Gasteiger partial charge >= 0.3 is 5.97 Å². The SMILES string of the molecule is Cc1oc2c(c1C(=O)O)C(=O)CC(c1ccco1)C2. The van der Waals surface area contributed by atoms with E-state index in [1.165, 1.54) is 0 Å². The third-order valence-corrected chi connectivity index (χ3v) is 3.46. The van der Waals surface area contributed by atoms with Crippen LogP contribution in [0, 0.1) is 6.92 Å². The topological polar surface area (TPSA) is 80.6 Å². The lowest BCUT2D eigenvalue weighted by Gasteiger charge is -2.18. The van der Waals surface area contributed by atoms with Gasteiger partial charge in [-0.15, -0.1) is 0 Å². The molecule has 0 saturated heterocycles. The van der Waals surface area contributed by atoms with E-state index in [0.717, 1.165) is 5.76 Å². The third kappa shape index (κ3) is 1.78. The van der Waals surface area contributed by atoms with Gasteiger partial charge in [-0.2, -0.15) is 0 Å². The van der Waals surface area contributed by atoms with Crippen molar-refractivity contribution in [1.29, 1.82) is 0 Å². The van der Waals surface area contributed by atoms with Crippen molar-refractivity contribution in [2.24, 2.45) is 0 Å². The minimum atomic E-state index is -1.12. The van der Waals surface area contributed by atoms with Gasteiger partial charge in [0, 0.05) is 18.8 Å². The van der Waals surface area contributed by atoms with Crippen LogP contribution >= 0.6 is 0 Å². The quantitative estimate of drug-likeness (QED) is 0.897. The average Bonchev–Trinajstić information content (AvgIpc) is 2.94. The molecular weight excluding hydrogens is 248 g/mol. The van der Waals surface area contributed by atoms with Crippen LogP contribution in [0.15, 0.2) is 27.2 Å². The largest absolute Gasteiger partial charge is 0.478 e. The van der Waals surface area contributed by atoms with Gasteiger partial charge in [0.15, 0.2) is 5.78 Å². The molecule has 0 spiro atoms. The Morgan fingerprint density at radius 1 is 1.42 bits per heavy atom. The van der Waals surface area contributed by atoms with Gasteiger partial charge < -0.3 is 13.9 Å². The van der Waals surface area contributed by atoms with Gasteiger partial charge in [0.05, 0.1) is 11.8 Å². The van der Waals surface area contributed by atoms with E-state index in [1.807, 2.05) is 6.07 Å². The number of Topliss-reactive ketones (excluding diaryl/α,β-unsaturated/α-hetero) is 1. The van der Waals surface area contributed by atoms with Crippen LogP contribution in [0.1, 0.15) is 50.3 Å². The summed E-state index contributed by atoms with van der Waals surface area (Å²) in [6, 6.07) is 3.59. The summed E-state index contributed by atoms with van der Waals surface area (Å²) in [5.74, 6) is 0.0646. The number of rotatable bonds is 2. The molecule has 0 radical (unpaired) electrons. The maximum absolute atomic E-state index is 12.2. The van der Waals surface area contributed by atoms with Crippen LogP contribution in [0.5, 0.6) is 0 Å². The number of carboxylic acid groups (broad SMARTS) is 1. The lowest BCUT2D eigenvalue weighted by Crippen LogP contribution is -2.19. The second kappa shape index (κ2) is 4.12. The fourth-order valence-electron chi connectivity index (χ4n) is 2.65. The van der Waals surface area contributed by atoms with Crippen molar-refractivity contribution in [2.75, 3.05) is 0 Å². The molecule has 0 amide bonds. The van der Waals surface area contributed by atoms with Crippen molar-refractivity contribution in [3.63, 3.8) is 0 Å². The predicted octanol–water partition coefficient (Wildman–Crippen LogP) is 2.79. The standard InChI is InChI=1S/C14H12O5/c1-7-12(14(16)17)13-9(15)5-8(6-11(13)19-7)10-3-2-4-18-10/h2-4,8H,5-6H2,1H3,(H,16,17). The molecule has 5 heteroatoms. The Morgan fingerprint density at radius 2 is 2.21 bits per heavy atom. The Bertz CT molecular complexity index is 648. The number of hydrogen-bond acceptors (Lipinski definition) is 4. The van der Waals surface area contributed by atoms with E-state index in [-0.39, 0.29) is 35.0 Å². The molecule has 1 N–H and O–H groups in total. The minimum Gasteiger partial charge on any atom is -0.478 e. The summed E-state index contributed by atoms with van der Waals surface area (Å²) in [6.07, 6.45) is 2.30. The van der Waals surface area contributed by atoms with E-state index in [9.17, 15) is 9.59 Å². The van der Waals surface area contributed by atoms with Crippen LogP contribution in [-0.2, 0) is 6.42 Å². The van der Waals surface area contributed by atoms with Gasteiger partial charge in [0.1, 0.15) is 22.8 Å². The number of furan rings is 2. The third-order valence-electron chi connectivity index (χ3n) is 3.46. The Kier molecular flexibility index (Phi) is 2.55. The fourth-order valence-corrected chi connectivity index (χ4v) is 2.65. The van der Waals surface area contributed by atoms with Crippen molar-refractivity contribution in [2.45, 2.75) is 25.7 Å². The van der Waals surface area contributed by atoms with E-state index in [0.29, 0.717) is 12.2 Å². The van der Waals surface area contributed by atoms with Gasteiger partial charge in [0.25, 0.3) is 0 Å². The first-order chi connectivity index (χ1) is 9.08. The zero-order chi connectivity index (χ0) is 13.6. The van der Waals surface area contributed by atoms with Gasteiger partial charge in [0.2, 0.25) is 0 Å². The van der Waals surface area contributed by atoms with Crippen molar-refractivity contribution in [3.05, 3.63) is 46.8 Å². The molecule has 0 aliphatic heterocycles. The predicted molar refractivity (Wildman–Crippen MR) is 64.5 cm³/mol. The Morgan fingerprint density at radius 3 is 2.84 bits per heavy atom. The molecule has 2 aromatic heterocycles. The van der Waals surface area contributed by atoms with E-state index in [4.69, 9.17) is 13.9 Å². The van der Waals surface area contributed by atoms with Crippen molar-refractivity contribution in [1.82, 2.24) is 0 Å². The van der Waals surface area contributed by atoms with Crippen LogP contribution in [0.4, 0.5) is 0 Å². The lowest BCUT2D eigenvalue weighted by atomic mass is 9.84. The maximum Gasteiger partial charge on any atom is 0.340 e. The average molecular weight is 260 g/mol. The normalized spacial score (nSPS) is 18.4. The van der Waals surface area contributed by atoms with Crippen LogP contribution in [0.25, 0.3) is 0 Å². The summed E-state index contributed by atoms with van der Waals surface area (Å²) in [5.41, 5.74) is 0.228. The van der Waals surface area contributed by atoms with E-state index >= 15 is 0 Å². The highest BCUT2D eigenvalue weighted by Gasteiger charge is 2.35. The fraction of sp³-hybridized carbons (Fsp3) is 0.286. The second-order valence-electron chi connectivity index (χ2n) is 4.68. The summed E-state index contributed by atoms with van der Waals surface area (Å²) >= 11 is 0. The van der Waals surface area contributed by atoms with Crippen LogP contribution in [0.2, 0.25) is 0 Å². The van der Waals surface area contributed by atoms with Crippen LogP contribution in [0.3, 0.4) is 0 Å². The van der Waals surface area contributed by atoms with Gasteiger partial charge in [-0.25, -0.2) is 4.79 Å². The molecule has 1 aliphatic carbocycles. The van der Waals surface area contributed by atoms with Crippen molar-refractivity contribution >= 4 is 11.8 Å². The van der Waals surface area contributed by atoms with Crippen molar-refractivity contribution in [3.8, 4) is 0 Å². The number of hydrogen-bond donors (Lipinski definition) is 1. The first kappa shape index (κ1) is 11.8. The van der Waals surface area contributed by atoms with Crippen molar-refractivity contribution < 1.29 is 23.5 Å². The number of carbonyl (C=O) groups excluding carboxylic acids is 1. The summed E-state index contributed by atoms with van der Waals surface area (Å²) in [4.78, 5) is 23.3. The summed E-state index contributed by atoms with van der Waals surface area (Å²) in [6.45, 7) is 1.57. The number of carbonyl (C=O) groups is 2. The molecule has 1 atom stereocenters. The maximum atomic E-state index is 12.2. The molecule has 0 saturated carbocycles. The number of aryl methyl sites for hydroxylation is 1. The number of fused-ring (bicyclic) bond motifs is 1. The Labute approximate surface area is 108 Å². The Hall–Kier alpha value is -2.30. The van der Waals surface area contributed by atoms with Crippen LogP contribution in [-0.4, -0.2) is 16.9 Å². The smallest absolute Gasteiger partial charge is 0.340 e. The highest BCUT2D eigenvalue weighted by atomic mass is 16.4. The highest BCUT2D eigenvalue weighted by Crippen LogP contribution is 2.36. The molecule has 0 bridgehead atoms. The zero-order valence-corrected chi connectivity index (χ0v) is 10.3. The molecule has 2 heterocycles. The number of ketones is 1. The molecule has 5 nitrogen and oxygen atoms in total. The molecule has 0 fully saturated rings. The molecule has 19 heavy (non-hydrogen) atoms. The van der Waals surface area contributed by atoms with E-state index in [1.54, 1.807) is 19.3 Å². The molecule has 0 aromatic carbocycles. The van der Waals surface area contributed by atoms with Gasteiger partial charge in [-0.1, -0.05) is 0 Å². The first-order valence-electron chi connectivity index (χ1n) is 6.00. The summed E-state index contributed by atoms with van der Waals surface area (Å²) in [5, 5.41) is 9.15. The molecule has 2 aromatic rings. The second-order valence-corrected chi connectivity index (χ2v) is 4.68. The van der Waals surface area contributed by atoms with E-state index < -0.39 is 5.97 Å². The van der Waals surface area contributed by atoms with Gasteiger partial charge in [-0.05, 0) is 19.1 Å². The molecule has 1 aliphatic rings. The Balaban J connectivity index is 2.05. The van der Waals surface area contributed by atoms with E-state index in [2.05, 4.69) is 0 Å². The molecule has 98 valence electrons. The van der Waals surface area contributed by atoms with Gasteiger partial charge in [-0.3, -0.25) is 4.79 Å². The molecule has 3 rings (SSSR count). The molecule has 1 unspecified atom stereocenters. The first-order valence-corrected chi connectivity index (χ1v) is 6.00. The minimum absolute atomic E-state index is 0.00195. The lowest BCUT2D eigenvalue weighted by molar-refractivity contribution is 0.0690. The highest BCUT2D eigenvalue weighted by molar-refractivity contribution is 6.08.